The Morgan fingerprint density at radius 2 is 1.96 bits per heavy atom. The van der Waals surface area contributed by atoms with Crippen molar-refractivity contribution in [2.24, 2.45) is 0 Å². The molecule has 0 spiro atoms. The van der Waals surface area contributed by atoms with E-state index >= 15 is 0 Å². The zero-order valence-corrected chi connectivity index (χ0v) is 15.5. The molecule has 0 saturated heterocycles. The highest BCUT2D eigenvalue weighted by molar-refractivity contribution is 7.18. The fourth-order valence-electron chi connectivity index (χ4n) is 2.63. The second-order valence-electron chi connectivity index (χ2n) is 6.00. The predicted octanol–water partition coefficient (Wildman–Crippen LogP) is 2.65. The Balaban J connectivity index is 1.68. The largest absolute Gasteiger partial charge is 0.344 e. The van der Waals surface area contributed by atoms with E-state index in [1.165, 1.54) is 11.3 Å². The second kappa shape index (κ2) is 8.43. The summed E-state index contributed by atoms with van der Waals surface area (Å²) < 4.78 is 1.01. The van der Waals surface area contributed by atoms with Crippen LogP contribution >= 0.6 is 11.3 Å². The van der Waals surface area contributed by atoms with Gasteiger partial charge in [-0.25, -0.2) is 4.98 Å². The maximum absolute atomic E-state index is 12.2. The number of hydrogen-bond donors (Lipinski definition) is 2. The van der Waals surface area contributed by atoms with Crippen molar-refractivity contribution in [3.05, 3.63) is 53.5 Å². The normalized spacial score (nSPS) is 11.6. The molecule has 1 aromatic heterocycles. The highest BCUT2D eigenvalue weighted by atomic mass is 32.1. The molecule has 2 N–H and O–H groups in total. The summed E-state index contributed by atoms with van der Waals surface area (Å²) in [5.41, 5.74) is 3.08. The lowest BCUT2D eigenvalue weighted by Crippen LogP contribution is -2.45. The zero-order valence-electron chi connectivity index (χ0n) is 14.7. The van der Waals surface area contributed by atoms with Gasteiger partial charge in [0, 0.05) is 0 Å². The molecule has 0 radical (unpaired) electrons. The summed E-state index contributed by atoms with van der Waals surface area (Å²) in [5, 5.41) is 14.2. The Morgan fingerprint density at radius 1 is 1.19 bits per heavy atom. The Morgan fingerprint density at radius 3 is 2.70 bits per heavy atom. The smallest absolute Gasteiger partial charge is 0.243 e. The molecule has 1 heterocycles. The number of thiazole rings is 1. The number of aromatic nitrogens is 1. The minimum absolute atomic E-state index is 0.0827. The maximum Gasteiger partial charge on any atom is 0.243 e. The van der Waals surface area contributed by atoms with Crippen molar-refractivity contribution in [3.63, 3.8) is 0 Å². The van der Waals surface area contributed by atoms with E-state index in [1.807, 2.05) is 36.4 Å². The Bertz CT molecular complexity index is 1010. The van der Waals surface area contributed by atoms with E-state index in [4.69, 9.17) is 5.26 Å². The number of carbonyl (C=O) groups is 2. The molecule has 0 aliphatic rings. The van der Waals surface area contributed by atoms with Gasteiger partial charge in [-0.15, -0.1) is 11.3 Å². The summed E-state index contributed by atoms with van der Waals surface area (Å²) in [6.07, 6.45) is 0.107. The van der Waals surface area contributed by atoms with Gasteiger partial charge in [0.1, 0.15) is 17.6 Å². The third-order valence-electron chi connectivity index (χ3n) is 3.96. The van der Waals surface area contributed by atoms with Gasteiger partial charge in [0.25, 0.3) is 0 Å². The highest BCUT2D eigenvalue weighted by Gasteiger charge is 2.16. The van der Waals surface area contributed by atoms with E-state index < -0.39 is 6.04 Å². The zero-order chi connectivity index (χ0) is 19.2. The quantitative estimate of drug-likeness (QED) is 0.645. The lowest BCUT2D eigenvalue weighted by molar-refractivity contribution is -0.128. The average molecular weight is 378 g/mol. The van der Waals surface area contributed by atoms with E-state index in [2.05, 4.69) is 33.8 Å². The van der Waals surface area contributed by atoms with Gasteiger partial charge in [0.05, 0.1) is 22.7 Å². The molecule has 2 amide bonds. The summed E-state index contributed by atoms with van der Waals surface area (Å²) in [4.78, 5) is 28.4. The first-order chi connectivity index (χ1) is 13.1. The van der Waals surface area contributed by atoms with Crippen molar-refractivity contribution in [3.8, 4) is 17.2 Å². The monoisotopic (exact) mass is 378 g/mol. The van der Waals surface area contributed by atoms with Crippen LogP contribution in [0, 0.1) is 11.3 Å². The van der Waals surface area contributed by atoms with Crippen LogP contribution in [-0.2, 0) is 16.0 Å². The molecule has 2 aromatic carbocycles. The van der Waals surface area contributed by atoms with Crippen molar-refractivity contribution >= 4 is 33.4 Å². The first kappa shape index (κ1) is 18.5. The van der Waals surface area contributed by atoms with E-state index in [0.29, 0.717) is 5.01 Å². The van der Waals surface area contributed by atoms with Gasteiger partial charge in [0.15, 0.2) is 0 Å². The van der Waals surface area contributed by atoms with Crippen LogP contribution < -0.4 is 10.6 Å². The standard InChI is InChI=1S/C20H18N4O2S/c1-13(20(26)22-10-9-21)23-18(25)12-19-24-16-8-7-15(11-17(16)27-19)14-5-3-2-4-6-14/h2-8,11,13H,10,12H2,1H3,(H,22,26)(H,23,25)/t13-/m1/s1. The van der Waals surface area contributed by atoms with Crippen molar-refractivity contribution in [2.75, 3.05) is 6.54 Å². The van der Waals surface area contributed by atoms with E-state index in [-0.39, 0.29) is 24.8 Å². The molecule has 3 aromatic rings. The van der Waals surface area contributed by atoms with Gasteiger partial charge in [-0.05, 0) is 30.2 Å². The molecule has 136 valence electrons. The lowest BCUT2D eigenvalue weighted by atomic mass is 10.1. The van der Waals surface area contributed by atoms with Crippen molar-refractivity contribution in [1.29, 1.82) is 5.26 Å². The third-order valence-corrected chi connectivity index (χ3v) is 4.98. The number of amides is 2. The molecule has 0 bridgehead atoms. The van der Waals surface area contributed by atoms with Crippen LogP contribution in [-0.4, -0.2) is 29.4 Å². The number of fused-ring (bicyclic) bond motifs is 1. The summed E-state index contributed by atoms with van der Waals surface area (Å²) in [5.74, 6) is -0.668. The molecule has 1 atom stereocenters. The van der Waals surface area contributed by atoms with E-state index in [9.17, 15) is 9.59 Å². The molecular weight excluding hydrogens is 360 g/mol. The fraction of sp³-hybridized carbons (Fsp3) is 0.200. The summed E-state index contributed by atoms with van der Waals surface area (Å²) in [6, 6.07) is 17.2. The van der Waals surface area contributed by atoms with Gasteiger partial charge >= 0.3 is 0 Å². The third kappa shape index (κ3) is 4.68. The Labute approximate surface area is 160 Å². The number of carbonyl (C=O) groups excluding carboxylic acids is 2. The summed E-state index contributed by atoms with van der Waals surface area (Å²) in [7, 11) is 0. The van der Waals surface area contributed by atoms with E-state index in [1.54, 1.807) is 6.92 Å². The number of nitrogens with one attached hydrogen (secondary N) is 2. The minimum atomic E-state index is -0.704. The minimum Gasteiger partial charge on any atom is -0.344 e. The highest BCUT2D eigenvalue weighted by Crippen LogP contribution is 2.28. The molecule has 0 fully saturated rings. The Hall–Kier alpha value is -3.24. The first-order valence-electron chi connectivity index (χ1n) is 8.45. The van der Waals surface area contributed by atoms with Gasteiger partial charge in [-0.1, -0.05) is 36.4 Å². The van der Waals surface area contributed by atoms with Gasteiger partial charge in [0.2, 0.25) is 11.8 Å². The van der Waals surface area contributed by atoms with Crippen LogP contribution in [0.25, 0.3) is 21.3 Å². The molecule has 6 nitrogen and oxygen atoms in total. The SMILES string of the molecule is C[C@@H](NC(=O)Cc1nc2ccc(-c3ccccc3)cc2s1)C(=O)NCC#N. The topological polar surface area (TPSA) is 94.9 Å². The summed E-state index contributed by atoms with van der Waals surface area (Å²) >= 11 is 1.47. The van der Waals surface area contributed by atoms with Crippen molar-refractivity contribution < 1.29 is 9.59 Å². The number of hydrogen-bond acceptors (Lipinski definition) is 5. The van der Waals surface area contributed by atoms with E-state index in [0.717, 1.165) is 21.3 Å². The van der Waals surface area contributed by atoms with Gasteiger partial charge in [-0.2, -0.15) is 5.26 Å². The second-order valence-corrected chi connectivity index (χ2v) is 7.11. The lowest BCUT2D eigenvalue weighted by Gasteiger charge is -2.12. The van der Waals surface area contributed by atoms with Crippen LogP contribution in [0.3, 0.4) is 0 Å². The van der Waals surface area contributed by atoms with Crippen LogP contribution in [0.1, 0.15) is 11.9 Å². The average Bonchev–Trinajstić information content (AvgIpc) is 3.07. The van der Waals surface area contributed by atoms with Crippen LogP contribution in [0.15, 0.2) is 48.5 Å². The number of nitriles is 1. The Kier molecular flexibility index (Phi) is 5.79. The van der Waals surface area contributed by atoms with Crippen LogP contribution in [0.2, 0.25) is 0 Å². The van der Waals surface area contributed by atoms with Crippen molar-refractivity contribution in [2.45, 2.75) is 19.4 Å². The predicted molar refractivity (Wildman–Crippen MR) is 105 cm³/mol. The van der Waals surface area contributed by atoms with Gasteiger partial charge < -0.3 is 10.6 Å². The van der Waals surface area contributed by atoms with Crippen molar-refractivity contribution in [1.82, 2.24) is 15.6 Å². The molecule has 7 heteroatoms. The first-order valence-corrected chi connectivity index (χ1v) is 9.27. The number of rotatable bonds is 6. The number of nitrogens with zero attached hydrogens (tertiary/aromatic N) is 2. The fourth-order valence-corrected chi connectivity index (χ4v) is 3.64. The molecule has 27 heavy (non-hydrogen) atoms. The summed E-state index contributed by atoms with van der Waals surface area (Å²) in [6.45, 7) is 1.50. The molecule has 0 aliphatic carbocycles. The number of benzene rings is 2. The maximum atomic E-state index is 12.2. The van der Waals surface area contributed by atoms with Crippen LogP contribution in [0.4, 0.5) is 0 Å². The molecule has 0 unspecified atom stereocenters. The van der Waals surface area contributed by atoms with Crippen LogP contribution in [0.5, 0.6) is 0 Å². The molecule has 0 aliphatic heterocycles. The molecule has 0 saturated carbocycles. The van der Waals surface area contributed by atoms with Gasteiger partial charge in [-0.3, -0.25) is 9.59 Å². The molecule has 3 rings (SSSR count). The molecular formula is C20H18N4O2S.